The molecule has 0 aliphatic carbocycles. The number of likely N-dealkylation sites (tertiary alicyclic amines) is 1. The Hall–Kier alpha value is -2.49. The van der Waals surface area contributed by atoms with Crippen LogP contribution in [-0.2, 0) is 16.6 Å². The number of nitrogens with one attached hydrogen (secondary N) is 3. The molecule has 0 spiro atoms. The van der Waals surface area contributed by atoms with Crippen molar-refractivity contribution in [3.05, 3.63) is 64.2 Å². The SMILES string of the molecule is CC(C)NS(=O)(=O)c1ccc(N[C@H]2CC[NH+](Cc3ccccc3)C2)c([N+](=O)[O-])c1. The van der Waals surface area contributed by atoms with Crippen LogP contribution in [0.3, 0.4) is 0 Å². The van der Waals surface area contributed by atoms with Crippen LogP contribution in [0, 0.1) is 10.1 Å². The summed E-state index contributed by atoms with van der Waals surface area (Å²) in [5.74, 6) is 0. The molecule has 1 aliphatic rings. The minimum absolute atomic E-state index is 0.101. The van der Waals surface area contributed by atoms with Crippen molar-refractivity contribution in [3.8, 4) is 0 Å². The zero-order chi connectivity index (χ0) is 21.0. The first kappa shape index (κ1) is 21.2. The second-order valence-corrected chi connectivity index (χ2v) is 9.42. The lowest BCUT2D eigenvalue weighted by atomic mass is 10.2. The lowest BCUT2D eigenvalue weighted by molar-refractivity contribution is -0.901. The minimum Gasteiger partial charge on any atom is -0.371 e. The molecule has 9 heteroatoms. The maximum absolute atomic E-state index is 12.3. The third-order valence-electron chi connectivity index (χ3n) is 4.91. The molecule has 29 heavy (non-hydrogen) atoms. The summed E-state index contributed by atoms with van der Waals surface area (Å²) in [5, 5.41) is 14.8. The van der Waals surface area contributed by atoms with Gasteiger partial charge in [-0.3, -0.25) is 10.1 Å². The van der Waals surface area contributed by atoms with Crippen molar-refractivity contribution in [3.63, 3.8) is 0 Å². The first-order valence-electron chi connectivity index (χ1n) is 9.69. The van der Waals surface area contributed by atoms with Crippen LogP contribution in [0.4, 0.5) is 11.4 Å². The molecule has 1 fully saturated rings. The van der Waals surface area contributed by atoms with Gasteiger partial charge in [0.15, 0.2) is 0 Å². The first-order valence-corrected chi connectivity index (χ1v) is 11.2. The molecule has 3 N–H and O–H groups in total. The molecule has 3 rings (SSSR count). The summed E-state index contributed by atoms with van der Waals surface area (Å²) in [7, 11) is -3.79. The lowest BCUT2D eigenvalue weighted by Crippen LogP contribution is -3.09. The van der Waals surface area contributed by atoms with E-state index in [1.807, 2.05) is 18.2 Å². The highest BCUT2D eigenvalue weighted by Gasteiger charge is 2.29. The van der Waals surface area contributed by atoms with E-state index in [1.54, 1.807) is 13.8 Å². The van der Waals surface area contributed by atoms with E-state index in [-0.39, 0.29) is 22.7 Å². The van der Waals surface area contributed by atoms with Crippen molar-refractivity contribution in [2.45, 2.75) is 43.8 Å². The number of rotatable bonds is 8. The van der Waals surface area contributed by atoms with E-state index < -0.39 is 14.9 Å². The molecular formula is C20H27N4O4S+. The number of nitro benzene ring substituents is 1. The van der Waals surface area contributed by atoms with Crippen LogP contribution in [0.5, 0.6) is 0 Å². The largest absolute Gasteiger partial charge is 0.371 e. The second kappa shape index (κ2) is 8.89. The molecule has 0 bridgehead atoms. The van der Waals surface area contributed by atoms with Crippen molar-refractivity contribution < 1.29 is 18.2 Å². The van der Waals surface area contributed by atoms with Gasteiger partial charge >= 0.3 is 0 Å². The molecule has 1 saturated heterocycles. The van der Waals surface area contributed by atoms with Gasteiger partial charge in [0.2, 0.25) is 10.0 Å². The van der Waals surface area contributed by atoms with E-state index in [1.165, 1.54) is 22.6 Å². The fourth-order valence-corrected chi connectivity index (χ4v) is 4.92. The van der Waals surface area contributed by atoms with Crippen LogP contribution in [0.25, 0.3) is 0 Å². The molecule has 2 atom stereocenters. The Morgan fingerprint density at radius 3 is 2.59 bits per heavy atom. The number of anilines is 1. The average Bonchev–Trinajstić information content (AvgIpc) is 3.08. The molecule has 2 aromatic rings. The first-order chi connectivity index (χ1) is 13.7. The highest BCUT2D eigenvalue weighted by atomic mass is 32.2. The van der Waals surface area contributed by atoms with Gasteiger partial charge in [-0.1, -0.05) is 30.3 Å². The Bertz CT molecular complexity index is 964. The van der Waals surface area contributed by atoms with Gasteiger partial charge in [0, 0.05) is 24.1 Å². The Labute approximate surface area is 171 Å². The number of sulfonamides is 1. The third-order valence-corrected chi connectivity index (χ3v) is 6.56. The lowest BCUT2D eigenvalue weighted by Gasteiger charge is -2.16. The fourth-order valence-electron chi connectivity index (χ4n) is 3.65. The number of hydrogen-bond donors (Lipinski definition) is 3. The summed E-state index contributed by atoms with van der Waals surface area (Å²) < 4.78 is 27.1. The molecule has 0 radical (unpaired) electrons. The standard InChI is InChI=1S/C20H26N4O4S/c1-15(2)22-29(27,28)18-8-9-19(20(12-18)24(25)26)21-17-10-11-23(14-17)13-16-6-4-3-5-7-16/h3-9,12,15,17,21-22H,10-11,13-14H2,1-2H3/p+1/t17-/m0/s1. The maximum atomic E-state index is 12.3. The molecule has 2 aromatic carbocycles. The number of quaternary nitrogens is 1. The van der Waals surface area contributed by atoms with E-state index in [4.69, 9.17) is 0 Å². The van der Waals surface area contributed by atoms with Gasteiger partial charge in [-0.2, -0.15) is 0 Å². The Kier molecular flexibility index (Phi) is 6.51. The molecule has 0 saturated carbocycles. The van der Waals surface area contributed by atoms with Crippen LogP contribution in [-0.4, -0.2) is 38.5 Å². The highest BCUT2D eigenvalue weighted by molar-refractivity contribution is 7.89. The quantitative estimate of drug-likeness (QED) is 0.445. The molecule has 1 unspecified atom stereocenters. The van der Waals surface area contributed by atoms with Gasteiger partial charge in [-0.25, -0.2) is 13.1 Å². The molecule has 0 aromatic heterocycles. The molecule has 8 nitrogen and oxygen atoms in total. The number of benzene rings is 2. The zero-order valence-corrected chi connectivity index (χ0v) is 17.4. The number of nitro groups is 1. The van der Waals surface area contributed by atoms with Crippen molar-refractivity contribution in [1.82, 2.24) is 4.72 Å². The normalized spacial score (nSPS) is 19.4. The summed E-state index contributed by atoms with van der Waals surface area (Å²) in [6.07, 6.45) is 0.897. The van der Waals surface area contributed by atoms with E-state index in [2.05, 4.69) is 22.2 Å². The maximum Gasteiger partial charge on any atom is 0.293 e. The topological polar surface area (TPSA) is 106 Å². The van der Waals surface area contributed by atoms with Crippen LogP contribution >= 0.6 is 0 Å². The van der Waals surface area contributed by atoms with Crippen molar-refractivity contribution in [2.75, 3.05) is 18.4 Å². The number of nitrogens with zero attached hydrogens (tertiary/aromatic N) is 1. The summed E-state index contributed by atoms with van der Waals surface area (Å²) in [4.78, 5) is 12.3. The van der Waals surface area contributed by atoms with E-state index >= 15 is 0 Å². The zero-order valence-electron chi connectivity index (χ0n) is 16.6. The van der Waals surface area contributed by atoms with E-state index in [0.29, 0.717) is 5.69 Å². The predicted octanol–water partition coefficient (Wildman–Crippen LogP) is 1.55. The highest BCUT2D eigenvalue weighted by Crippen LogP contribution is 2.28. The Morgan fingerprint density at radius 2 is 1.93 bits per heavy atom. The van der Waals surface area contributed by atoms with Gasteiger partial charge in [0.1, 0.15) is 12.2 Å². The molecular weight excluding hydrogens is 392 g/mol. The summed E-state index contributed by atoms with van der Waals surface area (Å²) in [6.45, 7) is 6.14. The van der Waals surface area contributed by atoms with E-state index in [9.17, 15) is 18.5 Å². The minimum atomic E-state index is -3.79. The summed E-state index contributed by atoms with van der Waals surface area (Å²) >= 11 is 0. The van der Waals surface area contributed by atoms with E-state index in [0.717, 1.165) is 32.1 Å². The molecule has 1 heterocycles. The fraction of sp³-hybridized carbons (Fsp3) is 0.400. The third kappa shape index (κ3) is 5.53. The van der Waals surface area contributed by atoms with Crippen LogP contribution in [0.2, 0.25) is 0 Å². The monoisotopic (exact) mass is 419 g/mol. The van der Waals surface area contributed by atoms with Gasteiger partial charge in [0.25, 0.3) is 5.69 Å². The second-order valence-electron chi connectivity index (χ2n) is 7.71. The molecule has 1 aliphatic heterocycles. The average molecular weight is 420 g/mol. The van der Waals surface area contributed by atoms with Gasteiger partial charge in [-0.05, 0) is 26.0 Å². The summed E-state index contributed by atoms with van der Waals surface area (Å²) in [6, 6.07) is 14.1. The Morgan fingerprint density at radius 1 is 1.21 bits per heavy atom. The summed E-state index contributed by atoms with van der Waals surface area (Å²) in [5.41, 5.74) is 1.39. The van der Waals surface area contributed by atoms with Crippen molar-refractivity contribution in [1.29, 1.82) is 0 Å². The van der Waals surface area contributed by atoms with Crippen LogP contribution < -0.4 is 14.9 Å². The van der Waals surface area contributed by atoms with Gasteiger partial charge in [-0.15, -0.1) is 0 Å². The van der Waals surface area contributed by atoms with Gasteiger partial charge < -0.3 is 10.2 Å². The number of hydrogen-bond acceptors (Lipinski definition) is 5. The van der Waals surface area contributed by atoms with Crippen LogP contribution in [0.1, 0.15) is 25.8 Å². The van der Waals surface area contributed by atoms with Crippen LogP contribution in [0.15, 0.2) is 53.4 Å². The van der Waals surface area contributed by atoms with Crippen molar-refractivity contribution in [2.24, 2.45) is 0 Å². The molecule has 0 amide bonds. The van der Waals surface area contributed by atoms with Crippen molar-refractivity contribution >= 4 is 21.4 Å². The predicted molar refractivity (Wildman–Crippen MR) is 111 cm³/mol. The Balaban J connectivity index is 1.71. The smallest absolute Gasteiger partial charge is 0.293 e. The van der Waals surface area contributed by atoms with Gasteiger partial charge in [0.05, 0.1) is 29.0 Å². The molecule has 156 valence electrons.